The highest BCUT2D eigenvalue weighted by molar-refractivity contribution is 6.32. The molecule has 1 N–H and O–H groups in total. The van der Waals surface area contributed by atoms with Crippen LogP contribution in [0.1, 0.15) is 20.3 Å². The van der Waals surface area contributed by atoms with Crippen molar-refractivity contribution >= 4 is 23.2 Å². The fourth-order valence-electron chi connectivity index (χ4n) is 2.03. The Morgan fingerprint density at radius 1 is 1.24 bits per heavy atom. The van der Waals surface area contributed by atoms with Crippen LogP contribution in [0.5, 0.6) is 0 Å². The smallest absolute Gasteiger partial charge is 0.297 e. The predicted molar refractivity (Wildman–Crippen MR) is 86.2 cm³/mol. The lowest BCUT2D eigenvalue weighted by Gasteiger charge is -2.10. The molecule has 0 aliphatic rings. The van der Waals surface area contributed by atoms with E-state index in [0.717, 1.165) is 6.42 Å². The molecule has 0 amide bonds. The molecular weight excluding hydrogens is 311 g/mol. The van der Waals surface area contributed by atoms with Crippen LogP contribution in [-0.2, 0) is 6.54 Å². The SMILES string of the molecule is CC(C)CCn1c(=O)[nH]c(Cl)c(-c2cccc(Cl)c2)c1=O. The largest absolute Gasteiger partial charge is 0.329 e. The van der Waals surface area contributed by atoms with Gasteiger partial charge in [-0.3, -0.25) is 14.3 Å². The van der Waals surface area contributed by atoms with Gasteiger partial charge < -0.3 is 0 Å². The third kappa shape index (κ3) is 3.57. The van der Waals surface area contributed by atoms with Gasteiger partial charge in [0.25, 0.3) is 5.56 Å². The second-order valence-electron chi connectivity index (χ2n) is 5.27. The highest BCUT2D eigenvalue weighted by Gasteiger charge is 2.15. The Labute approximate surface area is 132 Å². The normalized spacial score (nSPS) is 11.1. The van der Waals surface area contributed by atoms with Gasteiger partial charge in [-0.2, -0.15) is 0 Å². The molecule has 0 spiro atoms. The number of aromatic amines is 1. The molecule has 0 atom stereocenters. The van der Waals surface area contributed by atoms with Crippen LogP contribution in [0, 0.1) is 5.92 Å². The molecule has 112 valence electrons. The molecule has 2 aromatic rings. The zero-order chi connectivity index (χ0) is 15.6. The quantitative estimate of drug-likeness (QED) is 0.873. The predicted octanol–water partition coefficient (Wildman–Crippen LogP) is 3.56. The van der Waals surface area contributed by atoms with E-state index < -0.39 is 11.2 Å². The molecule has 0 saturated heterocycles. The Kier molecular flexibility index (Phi) is 4.91. The molecular formula is C15H16Cl2N2O2. The van der Waals surface area contributed by atoms with E-state index in [9.17, 15) is 9.59 Å². The summed E-state index contributed by atoms with van der Waals surface area (Å²) in [4.78, 5) is 27.0. The van der Waals surface area contributed by atoms with E-state index in [1.54, 1.807) is 24.3 Å². The summed E-state index contributed by atoms with van der Waals surface area (Å²) < 4.78 is 1.18. The van der Waals surface area contributed by atoms with E-state index in [0.29, 0.717) is 23.0 Å². The molecule has 0 unspecified atom stereocenters. The van der Waals surface area contributed by atoms with Crippen LogP contribution in [0.25, 0.3) is 11.1 Å². The van der Waals surface area contributed by atoms with Gasteiger partial charge >= 0.3 is 5.69 Å². The van der Waals surface area contributed by atoms with E-state index >= 15 is 0 Å². The number of nitrogens with one attached hydrogen (secondary N) is 1. The Morgan fingerprint density at radius 2 is 1.95 bits per heavy atom. The van der Waals surface area contributed by atoms with E-state index in [2.05, 4.69) is 4.98 Å². The highest BCUT2D eigenvalue weighted by atomic mass is 35.5. The molecule has 0 aliphatic heterocycles. The Hall–Kier alpha value is -1.52. The summed E-state index contributed by atoms with van der Waals surface area (Å²) in [6.07, 6.45) is 0.736. The molecule has 0 radical (unpaired) electrons. The number of hydrogen-bond acceptors (Lipinski definition) is 2. The number of aromatic nitrogens is 2. The molecule has 1 heterocycles. The van der Waals surface area contributed by atoms with Crippen molar-refractivity contribution in [1.82, 2.24) is 9.55 Å². The number of benzene rings is 1. The molecule has 21 heavy (non-hydrogen) atoms. The van der Waals surface area contributed by atoms with Gasteiger partial charge in [0.05, 0.1) is 5.56 Å². The molecule has 0 fully saturated rings. The van der Waals surface area contributed by atoms with Gasteiger partial charge in [-0.05, 0) is 30.0 Å². The van der Waals surface area contributed by atoms with Crippen LogP contribution < -0.4 is 11.2 Å². The van der Waals surface area contributed by atoms with Gasteiger partial charge in [0.15, 0.2) is 0 Å². The molecule has 2 rings (SSSR count). The molecule has 6 heteroatoms. The van der Waals surface area contributed by atoms with Crippen molar-refractivity contribution in [3.8, 4) is 11.1 Å². The van der Waals surface area contributed by atoms with E-state index in [1.165, 1.54) is 4.57 Å². The van der Waals surface area contributed by atoms with E-state index in [4.69, 9.17) is 23.2 Å². The van der Waals surface area contributed by atoms with Gasteiger partial charge in [-0.25, -0.2) is 4.79 Å². The summed E-state index contributed by atoms with van der Waals surface area (Å²) in [5.41, 5.74) is -0.0299. The minimum absolute atomic E-state index is 0.0352. The molecule has 0 bridgehead atoms. The first kappa shape index (κ1) is 15.9. The fraction of sp³-hybridized carbons (Fsp3) is 0.333. The molecule has 4 nitrogen and oxygen atoms in total. The molecule has 0 aliphatic carbocycles. The maximum atomic E-state index is 12.6. The minimum atomic E-state index is -0.489. The standard InChI is InChI=1S/C15H16Cl2N2O2/c1-9(2)6-7-19-14(20)12(13(17)18-15(19)21)10-4-3-5-11(16)8-10/h3-5,8-9H,6-7H2,1-2H3,(H,18,21). The van der Waals surface area contributed by atoms with Crippen molar-refractivity contribution < 1.29 is 0 Å². The van der Waals surface area contributed by atoms with Gasteiger partial charge in [-0.15, -0.1) is 0 Å². The first-order valence-corrected chi connectivity index (χ1v) is 7.44. The summed E-state index contributed by atoms with van der Waals surface area (Å²) in [5, 5.41) is 0.538. The van der Waals surface area contributed by atoms with Crippen LogP contribution in [-0.4, -0.2) is 9.55 Å². The average Bonchev–Trinajstić information content (AvgIpc) is 2.37. The second-order valence-corrected chi connectivity index (χ2v) is 6.08. The first-order chi connectivity index (χ1) is 9.90. The number of halogens is 2. The average molecular weight is 327 g/mol. The van der Waals surface area contributed by atoms with E-state index in [-0.39, 0.29) is 10.7 Å². The Morgan fingerprint density at radius 3 is 2.57 bits per heavy atom. The van der Waals surface area contributed by atoms with Crippen LogP contribution >= 0.6 is 23.2 Å². The van der Waals surface area contributed by atoms with Crippen molar-refractivity contribution in [2.75, 3.05) is 0 Å². The zero-order valence-corrected chi connectivity index (χ0v) is 13.3. The lowest BCUT2D eigenvalue weighted by molar-refractivity contribution is 0.495. The topological polar surface area (TPSA) is 54.9 Å². The van der Waals surface area contributed by atoms with Crippen molar-refractivity contribution in [3.63, 3.8) is 0 Å². The maximum Gasteiger partial charge on any atom is 0.329 e. The van der Waals surface area contributed by atoms with Gasteiger partial charge in [0.1, 0.15) is 5.15 Å². The van der Waals surface area contributed by atoms with Crippen LogP contribution in [0.3, 0.4) is 0 Å². The van der Waals surface area contributed by atoms with Gasteiger partial charge in [-0.1, -0.05) is 49.2 Å². The third-order valence-corrected chi connectivity index (χ3v) is 3.70. The van der Waals surface area contributed by atoms with Gasteiger partial charge in [0.2, 0.25) is 0 Å². The van der Waals surface area contributed by atoms with Crippen LogP contribution in [0.2, 0.25) is 10.2 Å². The van der Waals surface area contributed by atoms with E-state index in [1.807, 2.05) is 13.8 Å². The summed E-state index contributed by atoms with van der Waals surface area (Å²) in [5.74, 6) is 0.390. The summed E-state index contributed by atoms with van der Waals surface area (Å²) in [6.45, 7) is 4.43. The fourth-order valence-corrected chi connectivity index (χ4v) is 2.49. The zero-order valence-electron chi connectivity index (χ0n) is 11.8. The second kappa shape index (κ2) is 6.50. The Balaban J connectivity index is 2.59. The maximum absolute atomic E-state index is 12.6. The number of nitrogens with zero attached hydrogens (tertiary/aromatic N) is 1. The molecule has 1 aromatic heterocycles. The Bertz CT molecular complexity index is 763. The summed E-state index contributed by atoms with van der Waals surface area (Å²) >= 11 is 12.0. The van der Waals surface area contributed by atoms with Crippen molar-refractivity contribution in [1.29, 1.82) is 0 Å². The minimum Gasteiger partial charge on any atom is -0.297 e. The van der Waals surface area contributed by atoms with Crippen LogP contribution in [0.4, 0.5) is 0 Å². The number of hydrogen-bond donors (Lipinski definition) is 1. The van der Waals surface area contributed by atoms with Gasteiger partial charge in [0, 0.05) is 11.6 Å². The number of rotatable bonds is 4. The molecule has 1 aromatic carbocycles. The lowest BCUT2D eigenvalue weighted by Crippen LogP contribution is -2.36. The molecule has 0 saturated carbocycles. The third-order valence-electron chi connectivity index (χ3n) is 3.18. The van der Waals surface area contributed by atoms with Crippen LogP contribution in [0.15, 0.2) is 33.9 Å². The van der Waals surface area contributed by atoms with Crippen molar-refractivity contribution in [2.24, 2.45) is 5.92 Å². The van der Waals surface area contributed by atoms with Crippen molar-refractivity contribution in [3.05, 3.63) is 55.3 Å². The van der Waals surface area contributed by atoms with Crippen molar-refractivity contribution in [2.45, 2.75) is 26.8 Å². The number of H-pyrrole nitrogens is 1. The highest BCUT2D eigenvalue weighted by Crippen LogP contribution is 2.24. The monoisotopic (exact) mass is 326 g/mol. The lowest BCUT2D eigenvalue weighted by atomic mass is 10.1. The summed E-state index contributed by atoms with van der Waals surface area (Å²) in [6, 6.07) is 6.83. The summed E-state index contributed by atoms with van der Waals surface area (Å²) in [7, 11) is 0. The first-order valence-electron chi connectivity index (χ1n) is 6.68.